The summed E-state index contributed by atoms with van der Waals surface area (Å²) in [7, 11) is 0. The SMILES string of the molecule is CCOc1ccc(C(N)CSc2ncns2)cc1. The van der Waals surface area contributed by atoms with Crippen LogP contribution in [0.15, 0.2) is 34.9 Å². The number of thioether (sulfide) groups is 1. The van der Waals surface area contributed by atoms with Gasteiger partial charge in [0.25, 0.3) is 0 Å². The van der Waals surface area contributed by atoms with Gasteiger partial charge in [-0.05, 0) is 36.2 Å². The smallest absolute Gasteiger partial charge is 0.169 e. The first-order chi connectivity index (χ1) is 8.79. The van der Waals surface area contributed by atoms with E-state index < -0.39 is 0 Å². The van der Waals surface area contributed by atoms with Gasteiger partial charge in [-0.1, -0.05) is 23.9 Å². The summed E-state index contributed by atoms with van der Waals surface area (Å²) in [5.41, 5.74) is 7.24. The van der Waals surface area contributed by atoms with E-state index in [1.54, 1.807) is 18.1 Å². The van der Waals surface area contributed by atoms with E-state index in [0.717, 1.165) is 21.4 Å². The third-order valence-corrected chi connectivity index (χ3v) is 4.26. The molecule has 6 heteroatoms. The predicted octanol–water partition coefficient (Wildman–Crippen LogP) is 2.73. The molecule has 1 aromatic carbocycles. The van der Waals surface area contributed by atoms with Crippen molar-refractivity contribution in [2.24, 2.45) is 5.73 Å². The lowest BCUT2D eigenvalue weighted by Crippen LogP contribution is -2.12. The Morgan fingerprint density at radius 3 is 2.78 bits per heavy atom. The zero-order chi connectivity index (χ0) is 12.8. The molecule has 0 aliphatic heterocycles. The van der Waals surface area contributed by atoms with Crippen LogP contribution in [0.5, 0.6) is 5.75 Å². The van der Waals surface area contributed by atoms with Crippen molar-refractivity contribution >= 4 is 23.3 Å². The van der Waals surface area contributed by atoms with Crippen molar-refractivity contribution in [2.45, 2.75) is 17.3 Å². The van der Waals surface area contributed by atoms with Crippen molar-refractivity contribution in [3.63, 3.8) is 0 Å². The molecule has 0 fully saturated rings. The number of nitrogens with zero attached hydrogens (tertiary/aromatic N) is 2. The quantitative estimate of drug-likeness (QED) is 0.825. The van der Waals surface area contributed by atoms with E-state index >= 15 is 0 Å². The number of ether oxygens (including phenoxy) is 1. The largest absolute Gasteiger partial charge is 0.494 e. The average Bonchev–Trinajstić information content (AvgIpc) is 2.90. The molecular weight excluding hydrogens is 266 g/mol. The Morgan fingerprint density at radius 2 is 2.17 bits per heavy atom. The fourth-order valence-corrected chi connectivity index (χ4v) is 2.92. The Kier molecular flexibility index (Phi) is 4.98. The Labute approximate surface area is 115 Å². The molecule has 1 heterocycles. The number of hydrogen-bond donors (Lipinski definition) is 1. The van der Waals surface area contributed by atoms with Gasteiger partial charge in [0.1, 0.15) is 12.1 Å². The molecule has 4 nitrogen and oxygen atoms in total. The summed E-state index contributed by atoms with van der Waals surface area (Å²) in [4.78, 5) is 4.12. The van der Waals surface area contributed by atoms with Crippen LogP contribution in [0.1, 0.15) is 18.5 Å². The molecule has 0 saturated heterocycles. The first-order valence-corrected chi connectivity index (χ1v) is 7.43. The lowest BCUT2D eigenvalue weighted by Gasteiger charge is -2.11. The first kappa shape index (κ1) is 13.3. The Hall–Kier alpha value is -1.11. The zero-order valence-corrected chi connectivity index (χ0v) is 11.7. The second-order valence-electron chi connectivity index (χ2n) is 3.63. The average molecular weight is 281 g/mol. The van der Waals surface area contributed by atoms with E-state index in [0.29, 0.717) is 6.61 Å². The van der Waals surface area contributed by atoms with E-state index in [4.69, 9.17) is 10.5 Å². The third-order valence-electron chi connectivity index (χ3n) is 2.35. The van der Waals surface area contributed by atoms with Gasteiger partial charge in [0, 0.05) is 11.8 Å². The van der Waals surface area contributed by atoms with Crippen LogP contribution < -0.4 is 10.5 Å². The van der Waals surface area contributed by atoms with Gasteiger partial charge in [-0.25, -0.2) is 4.98 Å². The summed E-state index contributed by atoms with van der Waals surface area (Å²) in [6.07, 6.45) is 1.56. The van der Waals surface area contributed by atoms with Gasteiger partial charge in [0.05, 0.1) is 6.61 Å². The summed E-state index contributed by atoms with van der Waals surface area (Å²) in [6.45, 7) is 2.65. The van der Waals surface area contributed by atoms with E-state index in [1.165, 1.54) is 11.5 Å². The number of aromatic nitrogens is 2. The first-order valence-electron chi connectivity index (χ1n) is 5.67. The maximum atomic E-state index is 6.13. The van der Waals surface area contributed by atoms with E-state index in [2.05, 4.69) is 9.36 Å². The van der Waals surface area contributed by atoms with Crippen molar-refractivity contribution in [2.75, 3.05) is 12.4 Å². The van der Waals surface area contributed by atoms with Crippen LogP contribution in [0.2, 0.25) is 0 Å². The molecule has 1 aromatic heterocycles. The molecule has 0 aliphatic rings. The maximum Gasteiger partial charge on any atom is 0.169 e. The second-order valence-corrected chi connectivity index (χ2v) is 5.67. The van der Waals surface area contributed by atoms with Crippen LogP contribution in [0.4, 0.5) is 0 Å². The maximum absolute atomic E-state index is 6.13. The van der Waals surface area contributed by atoms with Crippen molar-refractivity contribution < 1.29 is 4.74 Å². The second kappa shape index (κ2) is 6.72. The molecule has 2 N–H and O–H groups in total. The minimum Gasteiger partial charge on any atom is -0.494 e. The van der Waals surface area contributed by atoms with Gasteiger partial charge in [0.2, 0.25) is 0 Å². The third kappa shape index (κ3) is 3.69. The molecule has 2 rings (SSSR count). The van der Waals surface area contributed by atoms with Crippen LogP contribution in [0.25, 0.3) is 0 Å². The van der Waals surface area contributed by atoms with Crippen LogP contribution in [-0.2, 0) is 0 Å². The molecule has 96 valence electrons. The van der Waals surface area contributed by atoms with Gasteiger partial charge < -0.3 is 10.5 Å². The zero-order valence-electron chi connectivity index (χ0n) is 10.1. The minimum absolute atomic E-state index is 0.00502. The van der Waals surface area contributed by atoms with E-state index in [9.17, 15) is 0 Å². The summed E-state index contributed by atoms with van der Waals surface area (Å²) < 4.78 is 10.3. The lowest BCUT2D eigenvalue weighted by atomic mass is 10.1. The molecule has 0 radical (unpaired) electrons. The monoisotopic (exact) mass is 281 g/mol. The molecule has 0 bridgehead atoms. The standard InChI is InChI=1S/C12H15N3OS2/c1-2-16-10-5-3-9(4-6-10)11(13)7-17-12-14-8-15-18-12/h3-6,8,11H,2,7,13H2,1H3. The van der Waals surface area contributed by atoms with Gasteiger partial charge in [-0.3, -0.25) is 0 Å². The van der Waals surface area contributed by atoms with Crippen LogP contribution in [-0.4, -0.2) is 21.7 Å². The number of nitrogens with two attached hydrogens (primary N) is 1. The summed E-state index contributed by atoms with van der Waals surface area (Å²) >= 11 is 3.03. The highest BCUT2D eigenvalue weighted by Crippen LogP contribution is 2.24. The number of benzene rings is 1. The molecular formula is C12H15N3OS2. The number of rotatable bonds is 6. The highest BCUT2D eigenvalue weighted by molar-refractivity contribution is 8.00. The van der Waals surface area contributed by atoms with Crippen LogP contribution >= 0.6 is 23.3 Å². The van der Waals surface area contributed by atoms with Gasteiger partial charge in [-0.2, -0.15) is 4.37 Å². The van der Waals surface area contributed by atoms with Crippen LogP contribution in [0.3, 0.4) is 0 Å². The normalized spacial score (nSPS) is 12.3. The lowest BCUT2D eigenvalue weighted by molar-refractivity contribution is 0.340. The summed E-state index contributed by atoms with van der Waals surface area (Å²) in [6, 6.07) is 7.92. The van der Waals surface area contributed by atoms with E-state index in [1.807, 2.05) is 31.2 Å². The van der Waals surface area contributed by atoms with Crippen LogP contribution in [0, 0.1) is 0 Å². The van der Waals surface area contributed by atoms with Gasteiger partial charge in [-0.15, -0.1) is 0 Å². The van der Waals surface area contributed by atoms with Crippen molar-refractivity contribution in [1.82, 2.24) is 9.36 Å². The Morgan fingerprint density at radius 1 is 1.39 bits per heavy atom. The molecule has 0 amide bonds. The molecule has 1 unspecified atom stereocenters. The van der Waals surface area contributed by atoms with E-state index in [-0.39, 0.29) is 6.04 Å². The summed E-state index contributed by atoms with van der Waals surface area (Å²) in [5, 5.41) is 0. The topological polar surface area (TPSA) is 61.0 Å². The molecule has 1 atom stereocenters. The Bertz CT molecular complexity index is 459. The predicted molar refractivity (Wildman–Crippen MR) is 75.2 cm³/mol. The number of hydrogen-bond acceptors (Lipinski definition) is 6. The molecule has 0 saturated carbocycles. The highest BCUT2D eigenvalue weighted by Gasteiger charge is 2.08. The minimum atomic E-state index is -0.00502. The van der Waals surface area contributed by atoms with Gasteiger partial charge in [0.15, 0.2) is 4.34 Å². The van der Waals surface area contributed by atoms with Crippen molar-refractivity contribution in [3.8, 4) is 5.75 Å². The van der Waals surface area contributed by atoms with Crippen molar-refractivity contribution in [1.29, 1.82) is 0 Å². The highest BCUT2D eigenvalue weighted by atomic mass is 32.2. The molecule has 0 aliphatic carbocycles. The fourth-order valence-electron chi connectivity index (χ4n) is 1.46. The fraction of sp³-hybridized carbons (Fsp3) is 0.333. The van der Waals surface area contributed by atoms with Crippen molar-refractivity contribution in [3.05, 3.63) is 36.2 Å². The summed E-state index contributed by atoms with van der Waals surface area (Å²) in [5.74, 6) is 1.67. The van der Waals surface area contributed by atoms with Gasteiger partial charge >= 0.3 is 0 Å². The Balaban J connectivity index is 1.89. The molecule has 2 aromatic rings. The molecule has 0 spiro atoms. The molecule has 18 heavy (non-hydrogen) atoms.